The third-order valence-electron chi connectivity index (χ3n) is 2.72. The molecule has 1 N–H and O–H groups in total. The van der Waals surface area contributed by atoms with Gasteiger partial charge in [0.15, 0.2) is 0 Å². The number of rotatable bonds is 3. The highest BCUT2D eigenvalue weighted by atomic mass is 19.3. The lowest BCUT2D eigenvalue weighted by Gasteiger charge is -2.15. The maximum absolute atomic E-state index is 11.9. The molecule has 0 radical (unpaired) electrons. The average Bonchev–Trinajstić information content (AvgIpc) is 2.82. The van der Waals surface area contributed by atoms with Crippen molar-refractivity contribution in [3.63, 3.8) is 0 Å². The van der Waals surface area contributed by atoms with Crippen molar-refractivity contribution in [3.05, 3.63) is 0 Å². The first-order valence-electron chi connectivity index (χ1n) is 4.24. The molecule has 12 heavy (non-hydrogen) atoms. The van der Waals surface area contributed by atoms with E-state index in [9.17, 15) is 13.6 Å². The van der Waals surface area contributed by atoms with Crippen molar-refractivity contribution in [1.82, 2.24) is 5.32 Å². The Balaban J connectivity index is 1.89. The van der Waals surface area contributed by atoms with Crippen LogP contribution in [-0.4, -0.2) is 17.9 Å². The highest BCUT2D eigenvalue weighted by Crippen LogP contribution is 2.53. The second-order valence-corrected chi connectivity index (χ2v) is 3.72. The first-order chi connectivity index (χ1) is 5.64. The predicted octanol–water partition coefficient (Wildman–Crippen LogP) is 1.31. The third-order valence-corrected chi connectivity index (χ3v) is 2.72. The zero-order chi connectivity index (χ0) is 8.77. The molecule has 0 heterocycles. The summed E-state index contributed by atoms with van der Waals surface area (Å²) in [6.07, 6.45) is 1.08. The number of hydrogen-bond donors (Lipinski definition) is 1. The number of nitrogens with one attached hydrogen (secondary N) is 1. The van der Waals surface area contributed by atoms with Gasteiger partial charge in [-0.2, -0.15) is 8.78 Å². The normalized spacial score (nSPS) is 25.6. The molecule has 2 aliphatic rings. The first kappa shape index (κ1) is 7.95. The molecule has 0 aromatic heterocycles. The molecule has 2 rings (SSSR count). The van der Waals surface area contributed by atoms with Gasteiger partial charge in [-0.05, 0) is 31.6 Å². The Morgan fingerprint density at radius 1 is 1.42 bits per heavy atom. The molecular formula is C8H11F2NO. The van der Waals surface area contributed by atoms with Gasteiger partial charge in [-0.25, -0.2) is 0 Å². The fourth-order valence-corrected chi connectivity index (χ4v) is 1.71. The summed E-state index contributed by atoms with van der Waals surface area (Å²) in [5.41, 5.74) is -0.215. The van der Waals surface area contributed by atoms with Gasteiger partial charge in [-0.15, -0.1) is 0 Å². The molecule has 0 aromatic rings. The van der Waals surface area contributed by atoms with E-state index in [-0.39, 0.29) is 5.54 Å². The van der Waals surface area contributed by atoms with Gasteiger partial charge >= 0.3 is 6.43 Å². The number of carbonyl (C=O) groups is 1. The number of amides is 1. The molecular weight excluding hydrogens is 164 g/mol. The molecule has 2 saturated carbocycles. The van der Waals surface area contributed by atoms with Gasteiger partial charge in [0, 0.05) is 5.54 Å². The average molecular weight is 175 g/mol. The molecule has 2 fully saturated rings. The molecule has 68 valence electrons. The van der Waals surface area contributed by atoms with Crippen LogP contribution in [0.5, 0.6) is 0 Å². The van der Waals surface area contributed by atoms with Crippen LogP contribution in [0.4, 0.5) is 8.78 Å². The lowest BCUT2D eigenvalue weighted by Crippen LogP contribution is -2.41. The van der Waals surface area contributed by atoms with Crippen LogP contribution in [0, 0.1) is 5.92 Å². The Morgan fingerprint density at radius 3 is 2.33 bits per heavy atom. The van der Waals surface area contributed by atoms with Crippen LogP contribution in [0.15, 0.2) is 0 Å². The number of halogens is 2. The van der Waals surface area contributed by atoms with E-state index in [1.807, 2.05) is 0 Å². The highest BCUT2D eigenvalue weighted by molar-refractivity contribution is 5.80. The van der Waals surface area contributed by atoms with Crippen LogP contribution >= 0.6 is 0 Å². The van der Waals surface area contributed by atoms with E-state index in [0.717, 1.165) is 25.7 Å². The molecule has 0 aliphatic heterocycles. The topological polar surface area (TPSA) is 29.1 Å². The van der Waals surface area contributed by atoms with E-state index in [1.165, 1.54) is 0 Å². The Labute approximate surface area is 69.3 Å². The molecule has 0 aromatic carbocycles. The molecule has 0 unspecified atom stereocenters. The van der Waals surface area contributed by atoms with Gasteiger partial charge < -0.3 is 5.32 Å². The monoisotopic (exact) mass is 175 g/mol. The Kier molecular flexibility index (Phi) is 1.59. The predicted molar refractivity (Wildman–Crippen MR) is 38.8 cm³/mol. The van der Waals surface area contributed by atoms with Crippen molar-refractivity contribution >= 4 is 5.91 Å². The van der Waals surface area contributed by atoms with E-state index in [1.54, 1.807) is 0 Å². The van der Waals surface area contributed by atoms with Crippen molar-refractivity contribution in [2.75, 3.05) is 0 Å². The Morgan fingerprint density at radius 2 is 2.00 bits per heavy atom. The van der Waals surface area contributed by atoms with Crippen LogP contribution in [0.25, 0.3) is 0 Å². The van der Waals surface area contributed by atoms with Crippen LogP contribution in [-0.2, 0) is 4.79 Å². The Bertz CT molecular complexity index is 209. The minimum absolute atomic E-state index is 0.215. The van der Waals surface area contributed by atoms with Gasteiger partial charge in [0.05, 0.1) is 0 Å². The molecule has 1 amide bonds. The lowest BCUT2D eigenvalue weighted by atomic mass is 10.1. The third kappa shape index (κ3) is 1.30. The molecule has 0 bridgehead atoms. The maximum Gasteiger partial charge on any atom is 0.315 e. The summed E-state index contributed by atoms with van der Waals surface area (Å²) >= 11 is 0. The molecule has 0 atom stereocenters. The van der Waals surface area contributed by atoms with Crippen molar-refractivity contribution in [2.45, 2.75) is 37.6 Å². The fourth-order valence-electron chi connectivity index (χ4n) is 1.71. The maximum atomic E-state index is 11.9. The second kappa shape index (κ2) is 2.41. The Hall–Kier alpha value is -0.670. The van der Waals surface area contributed by atoms with Crippen LogP contribution in [0.2, 0.25) is 0 Å². The first-order valence-corrected chi connectivity index (χ1v) is 4.24. The van der Waals surface area contributed by atoms with Crippen LogP contribution < -0.4 is 5.32 Å². The SMILES string of the molecule is O=C(NC1(C2CC2)CC1)C(F)F. The van der Waals surface area contributed by atoms with Crippen molar-refractivity contribution in [2.24, 2.45) is 5.92 Å². The second-order valence-electron chi connectivity index (χ2n) is 3.72. The summed E-state index contributed by atoms with van der Waals surface area (Å²) in [7, 11) is 0. The van der Waals surface area contributed by atoms with E-state index in [0.29, 0.717) is 5.92 Å². The van der Waals surface area contributed by atoms with E-state index in [2.05, 4.69) is 5.32 Å². The van der Waals surface area contributed by atoms with Gasteiger partial charge in [0.1, 0.15) is 0 Å². The van der Waals surface area contributed by atoms with Gasteiger partial charge in [0.2, 0.25) is 0 Å². The summed E-state index contributed by atoms with van der Waals surface area (Å²) in [6, 6.07) is 0. The number of alkyl halides is 2. The smallest absolute Gasteiger partial charge is 0.315 e. The van der Waals surface area contributed by atoms with Gasteiger partial charge in [-0.3, -0.25) is 4.79 Å². The zero-order valence-corrected chi connectivity index (χ0v) is 6.65. The molecule has 0 saturated heterocycles. The summed E-state index contributed by atoms with van der Waals surface area (Å²) < 4.78 is 23.7. The van der Waals surface area contributed by atoms with E-state index >= 15 is 0 Å². The lowest BCUT2D eigenvalue weighted by molar-refractivity contribution is -0.132. The summed E-state index contributed by atoms with van der Waals surface area (Å²) in [5.74, 6) is -0.611. The summed E-state index contributed by atoms with van der Waals surface area (Å²) in [4.78, 5) is 10.7. The van der Waals surface area contributed by atoms with Crippen molar-refractivity contribution in [3.8, 4) is 0 Å². The quantitative estimate of drug-likeness (QED) is 0.688. The van der Waals surface area contributed by atoms with Gasteiger partial charge in [-0.1, -0.05) is 0 Å². The molecule has 2 nitrogen and oxygen atoms in total. The largest absolute Gasteiger partial charge is 0.345 e. The summed E-state index contributed by atoms with van der Waals surface area (Å²) in [6.45, 7) is 0. The zero-order valence-electron chi connectivity index (χ0n) is 6.65. The molecule has 0 spiro atoms. The standard InChI is InChI=1S/C8H11F2NO/c9-6(10)7(12)11-8(3-4-8)5-1-2-5/h5-6H,1-4H2,(H,11,12). The van der Waals surface area contributed by atoms with E-state index < -0.39 is 12.3 Å². The van der Waals surface area contributed by atoms with Crippen molar-refractivity contribution < 1.29 is 13.6 Å². The number of carbonyl (C=O) groups excluding carboxylic acids is 1. The molecule has 2 aliphatic carbocycles. The summed E-state index contributed by atoms with van der Waals surface area (Å²) in [5, 5.41) is 2.44. The fraction of sp³-hybridized carbons (Fsp3) is 0.875. The van der Waals surface area contributed by atoms with Crippen LogP contribution in [0.3, 0.4) is 0 Å². The minimum Gasteiger partial charge on any atom is -0.345 e. The highest BCUT2D eigenvalue weighted by Gasteiger charge is 2.55. The van der Waals surface area contributed by atoms with Gasteiger partial charge in [0.25, 0.3) is 5.91 Å². The number of hydrogen-bond acceptors (Lipinski definition) is 1. The molecule has 4 heteroatoms. The van der Waals surface area contributed by atoms with Crippen LogP contribution in [0.1, 0.15) is 25.7 Å². The van der Waals surface area contributed by atoms with Crippen molar-refractivity contribution in [1.29, 1.82) is 0 Å². The van der Waals surface area contributed by atoms with E-state index in [4.69, 9.17) is 0 Å². The minimum atomic E-state index is -2.86.